The standard InChI is InChI=1S/C17H25N3O3/c1-18(2)16(21)15-11-19(3)8-9-20(12-15)10-13-4-6-14(7-5-13)17(22)23/h4-7,15H,8-12H2,1-3H3,(H,22,23)/t15-/m0/s1. The quantitative estimate of drug-likeness (QED) is 0.891. The van der Waals surface area contributed by atoms with Gasteiger partial charge < -0.3 is 14.9 Å². The van der Waals surface area contributed by atoms with Crippen LogP contribution in [0.3, 0.4) is 0 Å². The van der Waals surface area contributed by atoms with Crippen molar-refractivity contribution in [2.45, 2.75) is 6.54 Å². The van der Waals surface area contributed by atoms with Crippen molar-refractivity contribution in [3.63, 3.8) is 0 Å². The maximum Gasteiger partial charge on any atom is 0.335 e. The van der Waals surface area contributed by atoms with Crippen LogP contribution in [0, 0.1) is 5.92 Å². The minimum Gasteiger partial charge on any atom is -0.478 e. The summed E-state index contributed by atoms with van der Waals surface area (Å²) in [6.45, 7) is 4.04. The molecule has 1 aromatic rings. The molecule has 1 saturated heterocycles. The fourth-order valence-electron chi connectivity index (χ4n) is 2.92. The number of carbonyl (C=O) groups is 2. The third kappa shape index (κ3) is 4.77. The van der Waals surface area contributed by atoms with E-state index in [0.717, 1.165) is 38.3 Å². The molecule has 6 nitrogen and oxygen atoms in total. The van der Waals surface area contributed by atoms with Crippen LogP contribution in [0.2, 0.25) is 0 Å². The van der Waals surface area contributed by atoms with Gasteiger partial charge in [-0.25, -0.2) is 4.79 Å². The van der Waals surface area contributed by atoms with Crippen molar-refractivity contribution < 1.29 is 14.7 Å². The van der Waals surface area contributed by atoms with E-state index in [2.05, 4.69) is 9.80 Å². The normalized spacial score (nSPS) is 20.0. The second-order valence-corrected chi connectivity index (χ2v) is 6.43. The topological polar surface area (TPSA) is 64.1 Å². The second-order valence-electron chi connectivity index (χ2n) is 6.43. The number of hydrogen-bond donors (Lipinski definition) is 1. The Hall–Kier alpha value is -1.92. The minimum absolute atomic E-state index is 0.0317. The van der Waals surface area contributed by atoms with Gasteiger partial charge in [0, 0.05) is 46.8 Å². The van der Waals surface area contributed by atoms with Crippen molar-refractivity contribution in [2.24, 2.45) is 5.92 Å². The first-order chi connectivity index (χ1) is 10.9. The largest absolute Gasteiger partial charge is 0.478 e. The summed E-state index contributed by atoms with van der Waals surface area (Å²) < 4.78 is 0. The van der Waals surface area contributed by atoms with E-state index in [-0.39, 0.29) is 11.8 Å². The molecule has 1 atom stereocenters. The van der Waals surface area contributed by atoms with E-state index in [1.54, 1.807) is 31.1 Å². The molecule has 23 heavy (non-hydrogen) atoms. The van der Waals surface area contributed by atoms with Gasteiger partial charge >= 0.3 is 5.97 Å². The third-order valence-electron chi connectivity index (χ3n) is 4.21. The molecule has 126 valence electrons. The fraction of sp³-hybridized carbons (Fsp3) is 0.529. The van der Waals surface area contributed by atoms with Crippen LogP contribution >= 0.6 is 0 Å². The van der Waals surface area contributed by atoms with Crippen LogP contribution < -0.4 is 0 Å². The Balaban J connectivity index is 2.05. The summed E-state index contributed by atoms with van der Waals surface area (Å²) >= 11 is 0. The summed E-state index contributed by atoms with van der Waals surface area (Å²) in [5.74, 6) is -0.787. The van der Waals surface area contributed by atoms with E-state index >= 15 is 0 Å². The summed E-state index contributed by atoms with van der Waals surface area (Å²) in [5.41, 5.74) is 1.36. The molecule has 6 heteroatoms. The predicted molar refractivity (Wildman–Crippen MR) is 88.4 cm³/mol. The van der Waals surface area contributed by atoms with E-state index < -0.39 is 5.97 Å². The van der Waals surface area contributed by atoms with Crippen LogP contribution in [0.1, 0.15) is 15.9 Å². The maximum atomic E-state index is 12.3. The molecular weight excluding hydrogens is 294 g/mol. The first-order valence-corrected chi connectivity index (χ1v) is 7.81. The Morgan fingerprint density at radius 2 is 1.83 bits per heavy atom. The fourth-order valence-corrected chi connectivity index (χ4v) is 2.92. The number of carbonyl (C=O) groups excluding carboxylic acids is 1. The monoisotopic (exact) mass is 319 g/mol. The Bertz CT molecular complexity index is 557. The van der Waals surface area contributed by atoms with Crippen molar-refractivity contribution >= 4 is 11.9 Å². The number of amides is 1. The van der Waals surface area contributed by atoms with Gasteiger partial charge in [0.1, 0.15) is 0 Å². The molecule has 0 aliphatic carbocycles. The Kier molecular flexibility index (Phi) is 5.74. The van der Waals surface area contributed by atoms with Gasteiger partial charge in [-0.1, -0.05) is 12.1 Å². The SMILES string of the molecule is CN1CCN(Cc2ccc(C(=O)O)cc2)C[C@@H](C(=O)N(C)C)C1. The molecular formula is C17H25N3O3. The van der Waals surface area contributed by atoms with Crippen molar-refractivity contribution in [3.05, 3.63) is 35.4 Å². The molecule has 0 radical (unpaired) electrons. The molecule has 0 aromatic heterocycles. The summed E-state index contributed by atoms with van der Waals surface area (Å²) in [6.07, 6.45) is 0. The van der Waals surface area contributed by atoms with Crippen molar-refractivity contribution in [1.82, 2.24) is 14.7 Å². The van der Waals surface area contributed by atoms with Crippen molar-refractivity contribution in [3.8, 4) is 0 Å². The maximum absolute atomic E-state index is 12.3. The minimum atomic E-state index is -0.912. The molecule has 1 N–H and O–H groups in total. The lowest BCUT2D eigenvalue weighted by Crippen LogP contribution is -2.40. The van der Waals surface area contributed by atoms with Gasteiger partial charge in [-0.05, 0) is 24.7 Å². The number of rotatable bonds is 4. The average molecular weight is 319 g/mol. The average Bonchev–Trinajstić information content (AvgIpc) is 2.69. The summed E-state index contributed by atoms with van der Waals surface area (Å²) in [4.78, 5) is 29.3. The smallest absolute Gasteiger partial charge is 0.335 e. The predicted octanol–water partition coefficient (Wildman–Crippen LogP) is 0.837. The molecule has 1 aromatic carbocycles. The Morgan fingerprint density at radius 3 is 2.39 bits per heavy atom. The molecule has 2 rings (SSSR count). The number of benzene rings is 1. The highest BCUT2D eigenvalue weighted by molar-refractivity contribution is 5.87. The van der Waals surface area contributed by atoms with Gasteiger partial charge in [-0.3, -0.25) is 9.69 Å². The number of likely N-dealkylation sites (N-methyl/N-ethyl adjacent to an activating group) is 1. The first kappa shape index (κ1) is 17.4. The molecule has 1 aliphatic rings. The molecule has 1 aliphatic heterocycles. The van der Waals surface area contributed by atoms with Crippen LogP contribution in [0.25, 0.3) is 0 Å². The number of hydrogen-bond acceptors (Lipinski definition) is 4. The number of carboxylic acids is 1. The first-order valence-electron chi connectivity index (χ1n) is 7.81. The van der Waals surface area contributed by atoms with Crippen molar-refractivity contribution in [2.75, 3.05) is 47.3 Å². The highest BCUT2D eigenvalue weighted by atomic mass is 16.4. The lowest BCUT2D eigenvalue weighted by atomic mass is 10.1. The summed E-state index contributed by atoms with van der Waals surface area (Å²) in [6, 6.07) is 6.95. The highest BCUT2D eigenvalue weighted by Gasteiger charge is 2.27. The zero-order chi connectivity index (χ0) is 17.0. The molecule has 1 heterocycles. The van der Waals surface area contributed by atoms with E-state index in [9.17, 15) is 9.59 Å². The van der Waals surface area contributed by atoms with Crippen LogP contribution in [-0.2, 0) is 11.3 Å². The van der Waals surface area contributed by atoms with Gasteiger partial charge in [0.05, 0.1) is 11.5 Å². The van der Waals surface area contributed by atoms with E-state index in [1.165, 1.54) is 0 Å². The molecule has 1 amide bonds. The van der Waals surface area contributed by atoms with Gasteiger partial charge in [0.2, 0.25) is 5.91 Å². The third-order valence-corrected chi connectivity index (χ3v) is 4.21. The summed E-state index contributed by atoms with van der Waals surface area (Å²) in [7, 11) is 5.63. The van der Waals surface area contributed by atoms with Crippen LogP contribution in [0.5, 0.6) is 0 Å². The number of nitrogens with zero attached hydrogens (tertiary/aromatic N) is 3. The van der Waals surface area contributed by atoms with Crippen LogP contribution in [0.15, 0.2) is 24.3 Å². The Labute approximate surface area is 137 Å². The second kappa shape index (κ2) is 7.57. The zero-order valence-electron chi connectivity index (χ0n) is 14.0. The van der Waals surface area contributed by atoms with Crippen LogP contribution in [0.4, 0.5) is 0 Å². The van der Waals surface area contributed by atoms with Crippen molar-refractivity contribution in [1.29, 1.82) is 0 Å². The molecule has 0 bridgehead atoms. The highest BCUT2D eigenvalue weighted by Crippen LogP contribution is 2.14. The van der Waals surface area contributed by atoms with E-state index in [0.29, 0.717) is 5.56 Å². The van der Waals surface area contributed by atoms with Gasteiger partial charge in [0.15, 0.2) is 0 Å². The summed E-state index contributed by atoms with van der Waals surface area (Å²) in [5, 5.41) is 8.95. The van der Waals surface area contributed by atoms with Crippen LogP contribution in [-0.4, -0.2) is 79.0 Å². The molecule has 0 unspecified atom stereocenters. The lowest BCUT2D eigenvalue weighted by molar-refractivity contribution is -0.133. The Morgan fingerprint density at radius 1 is 1.17 bits per heavy atom. The van der Waals surface area contributed by atoms with Gasteiger partial charge in [-0.2, -0.15) is 0 Å². The van der Waals surface area contributed by atoms with Gasteiger partial charge in [-0.15, -0.1) is 0 Å². The molecule has 0 saturated carbocycles. The molecule has 1 fully saturated rings. The van der Waals surface area contributed by atoms with E-state index in [1.807, 2.05) is 19.2 Å². The van der Waals surface area contributed by atoms with Gasteiger partial charge in [0.25, 0.3) is 0 Å². The lowest BCUT2D eigenvalue weighted by Gasteiger charge is -2.25. The van der Waals surface area contributed by atoms with E-state index in [4.69, 9.17) is 5.11 Å². The number of carboxylic acid groups (broad SMARTS) is 1. The zero-order valence-corrected chi connectivity index (χ0v) is 14.0. The molecule has 0 spiro atoms. The number of aromatic carboxylic acids is 1.